The highest BCUT2D eigenvalue weighted by atomic mass is 16.7. The molecule has 8 atom stereocenters. The normalized spacial score (nSPS) is 23.5. The van der Waals surface area contributed by atoms with Crippen LogP contribution in [0.15, 0.2) is 30.3 Å². The summed E-state index contributed by atoms with van der Waals surface area (Å²) in [5.41, 5.74) is 0.286. The van der Waals surface area contributed by atoms with E-state index in [1.807, 2.05) is 0 Å². The molecule has 1 amide bonds. The molecular formula is C56H93NO12. The maximum Gasteiger partial charge on any atom is 0.338 e. The standard InChI is InChI=1S/C56H93NO12/c1-5-7-9-11-13-15-17-19-20-21-23-25-27-29-34-38-49(59)57-46-41-65-56-53(69-55(63)45-35-31-30-32-36-45)43(3)52(62)48(68-56)42-64-50(60)39-40-51(61)67-47(54(46)66-44(4)58)37-33-28-26-24-22-18-16-14-12-10-8-6-2/h30-32,35-36,43,46-48,52-54,56,62H,5-29,33-34,37-42H2,1-4H3,(H,57,59)/t43-,46-,47+,48?,52-,53?,54-,56+/m0/s1. The molecule has 0 radical (unpaired) electrons. The number of amides is 1. The Morgan fingerprint density at radius 3 is 1.65 bits per heavy atom. The number of carbonyl (C=O) groups is 5. The molecule has 1 aromatic carbocycles. The minimum absolute atomic E-state index is 0.229. The fourth-order valence-electron chi connectivity index (χ4n) is 9.43. The van der Waals surface area contributed by atoms with E-state index in [1.54, 1.807) is 37.3 Å². The predicted molar refractivity (Wildman–Crippen MR) is 268 cm³/mol. The Hall–Kier alpha value is -3.55. The molecule has 0 aromatic heterocycles. The smallest absolute Gasteiger partial charge is 0.338 e. The number of cyclic esters (lactones) is 2. The summed E-state index contributed by atoms with van der Waals surface area (Å²) in [6, 6.07) is 7.39. The maximum atomic E-state index is 13.9. The van der Waals surface area contributed by atoms with E-state index in [4.69, 9.17) is 28.4 Å². The first-order valence-electron chi connectivity index (χ1n) is 27.6. The van der Waals surface area contributed by atoms with Gasteiger partial charge in [-0.2, -0.15) is 0 Å². The summed E-state index contributed by atoms with van der Waals surface area (Å²) in [5.74, 6) is -3.70. The Kier molecular flexibility index (Phi) is 32.3. The number of benzene rings is 1. The van der Waals surface area contributed by atoms with Gasteiger partial charge in [-0.1, -0.05) is 199 Å². The van der Waals surface area contributed by atoms with Crippen LogP contribution in [0.5, 0.6) is 0 Å². The second kappa shape index (κ2) is 37.3. The Balaban J connectivity index is 1.74. The molecule has 2 N–H and O–H groups in total. The third-order valence-corrected chi connectivity index (χ3v) is 13.7. The number of aliphatic hydroxyl groups excluding tert-OH is 1. The van der Waals surface area contributed by atoms with Gasteiger partial charge in [-0.15, -0.1) is 0 Å². The van der Waals surface area contributed by atoms with Crippen LogP contribution < -0.4 is 5.32 Å². The largest absolute Gasteiger partial charge is 0.463 e. The van der Waals surface area contributed by atoms with Crippen molar-refractivity contribution in [3.63, 3.8) is 0 Å². The van der Waals surface area contributed by atoms with Crippen molar-refractivity contribution in [2.75, 3.05) is 13.2 Å². The van der Waals surface area contributed by atoms with E-state index in [1.165, 1.54) is 122 Å². The average molecular weight is 972 g/mol. The van der Waals surface area contributed by atoms with Gasteiger partial charge in [0.25, 0.3) is 0 Å². The lowest BCUT2D eigenvalue weighted by Crippen LogP contribution is -2.59. The third-order valence-electron chi connectivity index (χ3n) is 13.7. The van der Waals surface area contributed by atoms with Gasteiger partial charge in [0.05, 0.1) is 37.2 Å². The van der Waals surface area contributed by atoms with Gasteiger partial charge in [0, 0.05) is 19.3 Å². The highest BCUT2D eigenvalue weighted by molar-refractivity contribution is 5.89. The second-order valence-electron chi connectivity index (χ2n) is 19.8. The highest BCUT2D eigenvalue weighted by Crippen LogP contribution is 2.31. The molecule has 0 spiro atoms. The Labute approximate surface area is 415 Å². The second-order valence-corrected chi connectivity index (χ2v) is 19.8. The van der Waals surface area contributed by atoms with E-state index < -0.39 is 72.6 Å². The van der Waals surface area contributed by atoms with E-state index in [0.717, 1.165) is 44.9 Å². The minimum atomic E-state index is -1.30. The number of hydrogen-bond acceptors (Lipinski definition) is 12. The molecule has 2 aliphatic rings. The van der Waals surface area contributed by atoms with Gasteiger partial charge in [-0.05, 0) is 31.4 Å². The van der Waals surface area contributed by atoms with Crippen LogP contribution in [0, 0.1) is 5.92 Å². The number of esters is 4. The first-order chi connectivity index (χ1) is 33.5. The summed E-state index contributed by atoms with van der Waals surface area (Å²) in [6.45, 7) is 6.78. The highest BCUT2D eigenvalue weighted by Gasteiger charge is 2.47. The molecule has 13 heteroatoms. The number of fused-ring (bicyclic) bond motifs is 2. The molecule has 1 aromatic rings. The zero-order valence-electron chi connectivity index (χ0n) is 43.3. The van der Waals surface area contributed by atoms with E-state index >= 15 is 0 Å². The van der Waals surface area contributed by atoms with Crippen LogP contribution in [0.4, 0.5) is 0 Å². The molecule has 394 valence electrons. The SMILES string of the molecule is CCCCCCCCCCCCCCCCCC(=O)N[C@H]1CO[C@@H]2OC(COC(=O)CCC(=O)O[C@H](CCCCCCCCCCCCCC)[C@H]1OC(C)=O)[C@@H](O)[C@H](C)C2OC(=O)c1ccccc1. The van der Waals surface area contributed by atoms with Gasteiger partial charge < -0.3 is 38.8 Å². The fourth-order valence-corrected chi connectivity index (χ4v) is 9.43. The zero-order chi connectivity index (χ0) is 49.9. The van der Waals surface area contributed by atoms with E-state index in [-0.39, 0.29) is 43.9 Å². The van der Waals surface area contributed by atoms with Crippen LogP contribution in [0.1, 0.15) is 237 Å². The van der Waals surface area contributed by atoms with Crippen molar-refractivity contribution in [1.29, 1.82) is 0 Å². The van der Waals surface area contributed by atoms with E-state index in [9.17, 15) is 29.1 Å². The van der Waals surface area contributed by atoms with Gasteiger partial charge in [0.15, 0.2) is 18.5 Å². The number of hydrogen-bond donors (Lipinski definition) is 2. The topological polar surface area (TPSA) is 173 Å². The number of ether oxygens (including phenoxy) is 6. The lowest BCUT2D eigenvalue weighted by atomic mass is 9.90. The van der Waals surface area contributed by atoms with Crippen LogP contribution in [0.2, 0.25) is 0 Å². The Morgan fingerprint density at radius 1 is 0.638 bits per heavy atom. The number of unbranched alkanes of at least 4 members (excludes halogenated alkanes) is 25. The number of nitrogens with one attached hydrogen (secondary N) is 1. The molecular weight excluding hydrogens is 879 g/mol. The summed E-state index contributed by atoms with van der Waals surface area (Å²) < 4.78 is 36.1. The number of rotatable bonds is 33. The predicted octanol–water partition coefficient (Wildman–Crippen LogP) is 12.0. The zero-order valence-corrected chi connectivity index (χ0v) is 43.3. The van der Waals surface area contributed by atoms with Crippen molar-refractivity contribution >= 4 is 29.8 Å². The van der Waals surface area contributed by atoms with Gasteiger partial charge in [-0.25, -0.2) is 4.79 Å². The van der Waals surface area contributed by atoms with Crippen LogP contribution in [-0.2, 0) is 47.6 Å². The van der Waals surface area contributed by atoms with Crippen LogP contribution >= 0.6 is 0 Å². The molecule has 2 heterocycles. The molecule has 3 rings (SSSR count). The molecule has 13 nitrogen and oxygen atoms in total. The number of aliphatic hydroxyl groups is 1. The summed E-state index contributed by atoms with van der Waals surface area (Å²) in [4.78, 5) is 66.5. The lowest BCUT2D eigenvalue weighted by molar-refractivity contribution is -0.290. The summed E-state index contributed by atoms with van der Waals surface area (Å²) >= 11 is 0. The quantitative estimate of drug-likeness (QED) is 0.0388. The Bertz CT molecular complexity index is 1540. The van der Waals surface area contributed by atoms with Crippen molar-refractivity contribution < 1.29 is 57.5 Å². The summed E-state index contributed by atoms with van der Waals surface area (Å²) in [6.07, 6.45) is 24.8. The van der Waals surface area contributed by atoms with Gasteiger partial charge in [-0.3, -0.25) is 19.2 Å². The molecule has 2 unspecified atom stereocenters. The van der Waals surface area contributed by atoms with Crippen LogP contribution in [0.3, 0.4) is 0 Å². The van der Waals surface area contributed by atoms with Gasteiger partial charge >= 0.3 is 23.9 Å². The molecule has 2 aliphatic heterocycles. The summed E-state index contributed by atoms with van der Waals surface area (Å²) in [5, 5.41) is 14.4. The first kappa shape index (κ1) is 59.8. The lowest BCUT2D eigenvalue weighted by Gasteiger charge is -2.43. The van der Waals surface area contributed by atoms with Gasteiger partial charge in [0.1, 0.15) is 18.8 Å². The van der Waals surface area contributed by atoms with Crippen molar-refractivity contribution in [2.45, 2.75) is 270 Å². The summed E-state index contributed by atoms with van der Waals surface area (Å²) in [7, 11) is 0. The third kappa shape index (κ3) is 25.9. The first-order valence-corrected chi connectivity index (χ1v) is 27.6. The van der Waals surface area contributed by atoms with Crippen molar-refractivity contribution in [2.24, 2.45) is 5.92 Å². The monoisotopic (exact) mass is 972 g/mol. The van der Waals surface area contributed by atoms with Crippen LogP contribution in [-0.4, -0.2) is 91.0 Å². The van der Waals surface area contributed by atoms with E-state index in [0.29, 0.717) is 19.3 Å². The van der Waals surface area contributed by atoms with Crippen LogP contribution in [0.25, 0.3) is 0 Å². The number of carbonyl (C=O) groups excluding carboxylic acids is 5. The molecule has 69 heavy (non-hydrogen) atoms. The Morgan fingerprint density at radius 2 is 1.13 bits per heavy atom. The minimum Gasteiger partial charge on any atom is -0.463 e. The molecule has 2 saturated heterocycles. The van der Waals surface area contributed by atoms with Crippen molar-refractivity contribution in [3.05, 3.63) is 35.9 Å². The molecule has 0 saturated carbocycles. The van der Waals surface area contributed by atoms with E-state index in [2.05, 4.69) is 19.2 Å². The van der Waals surface area contributed by atoms with Crippen molar-refractivity contribution in [1.82, 2.24) is 5.32 Å². The molecule has 2 fully saturated rings. The average Bonchev–Trinajstić information content (AvgIpc) is 3.34. The fraction of sp³-hybridized carbons (Fsp3) is 0.804. The van der Waals surface area contributed by atoms with Crippen molar-refractivity contribution in [3.8, 4) is 0 Å². The van der Waals surface area contributed by atoms with Gasteiger partial charge in [0.2, 0.25) is 5.91 Å². The maximum absolute atomic E-state index is 13.9. The molecule has 0 aliphatic carbocycles. The molecule has 2 bridgehead atoms.